The molecule has 1 aromatic heterocycles. The van der Waals surface area contributed by atoms with E-state index in [1.165, 1.54) is 18.5 Å². The number of halogens is 1. The van der Waals surface area contributed by atoms with Gasteiger partial charge in [-0.1, -0.05) is 23.7 Å². The number of anilines is 3. The van der Waals surface area contributed by atoms with Crippen LogP contribution in [0.15, 0.2) is 53.3 Å². The van der Waals surface area contributed by atoms with Gasteiger partial charge in [-0.05, 0) is 61.7 Å². The van der Waals surface area contributed by atoms with Crippen molar-refractivity contribution in [3.05, 3.63) is 80.7 Å². The van der Waals surface area contributed by atoms with Crippen molar-refractivity contribution in [2.45, 2.75) is 26.2 Å². The second-order valence-corrected chi connectivity index (χ2v) is 7.58. The van der Waals surface area contributed by atoms with Crippen molar-refractivity contribution in [1.29, 1.82) is 0 Å². The molecule has 1 fully saturated rings. The number of benzene rings is 2. The average Bonchev–Trinajstić information content (AvgIpc) is 3.22. The van der Waals surface area contributed by atoms with Crippen molar-refractivity contribution in [1.82, 2.24) is 9.97 Å². The van der Waals surface area contributed by atoms with Crippen molar-refractivity contribution < 1.29 is 0 Å². The normalized spacial score (nSPS) is 13.7. The molecule has 0 amide bonds. The van der Waals surface area contributed by atoms with Gasteiger partial charge in [0, 0.05) is 41.5 Å². The lowest BCUT2D eigenvalue weighted by Gasteiger charge is -2.18. The molecule has 5 nitrogen and oxygen atoms in total. The third kappa shape index (κ3) is 4.20. The maximum absolute atomic E-state index is 12.6. The Morgan fingerprint density at radius 1 is 1.07 bits per heavy atom. The molecule has 3 aromatic rings. The second-order valence-electron chi connectivity index (χ2n) is 7.15. The molecule has 28 heavy (non-hydrogen) atoms. The smallest absolute Gasteiger partial charge is 0.256 e. The highest BCUT2D eigenvalue weighted by molar-refractivity contribution is 6.30. The molecule has 0 bridgehead atoms. The maximum Gasteiger partial charge on any atom is 0.256 e. The number of nitrogens with zero attached hydrogens (tertiary/aromatic N) is 2. The zero-order valence-corrected chi connectivity index (χ0v) is 16.6. The summed E-state index contributed by atoms with van der Waals surface area (Å²) in [5.74, 6) is 0.455. The van der Waals surface area contributed by atoms with Crippen LogP contribution in [-0.4, -0.2) is 23.1 Å². The molecule has 144 valence electrons. The van der Waals surface area contributed by atoms with Crippen LogP contribution in [0, 0.1) is 6.92 Å². The molecule has 0 unspecified atom stereocenters. The fraction of sp³-hybridized carbons (Fsp3) is 0.273. The van der Waals surface area contributed by atoms with Crippen LogP contribution in [0.1, 0.15) is 29.7 Å². The lowest BCUT2D eigenvalue weighted by molar-refractivity contribution is 0.949. The fourth-order valence-electron chi connectivity index (χ4n) is 3.55. The van der Waals surface area contributed by atoms with Gasteiger partial charge in [-0.15, -0.1) is 0 Å². The molecule has 1 aliphatic heterocycles. The van der Waals surface area contributed by atoms with Gasteiger partial charge in [0.2, 0.25) is 5.95 Å². The molecule has 6 heteroatoms. The number of hydrogen-bond donors (Lipinski definition) is 2. The molecule has 0 aliphatic carbocycles. The molecule has 0 spiro atoms. The summed E-state index contributed by atoms with van der Waals surface area (Å²) in [5.41, 5.74) is 4.42. The Balaban J connectivity index is 1.49. The van der Waals surface area contributed by atoms with Crippen LogP contribution in [0.4, 0.5) is 17.3 Å². The van der Waals surface area contributed by atoms with Crippen LogP contribution in [-0.2, 0) is 6.42 Å². The van der Waals surface area contributed by atoms with E-state index in [1.807, 2.05) is 43.3 Å². The molecule has 2 N–H and O–H groups in total. The summed E-state index contributed by atoms with van der Waals surface area (Å²) in [6.45, 7) is 4.11. The van der Waals surface area contributed by atoms with Gasteiger partial charge in [-0.2, -0.15) is 0 Å². The third-order valence-corrected chi connectivity index (χ3v) is 5.37. The Bertz CT molecular complexity index is 1010. The van der Waals surface area contributed by atoms with Gasteiger partial charge in [0.25, 0.3) is 5.56 Å². The number of aromatic nitrogens is 2. The van der Waals surface area contributed by atoms with Crippen molar-refractivity contribution in [2.75, 3.05) is 23.3 Å². The first-order chi connectivity index (χ1) is 13.6. The van der Waals surface area contributed by atoms with Crippen LogP contribution in [0.2, 0.25) is 5.02 Å². The van der Waals surface area contributed by atoms with Crippen molar-refractivity contribution >= 4 is 28.9 Å². The van der Waals surface area contributed by atoms with E-state index in [4.69, 9.17) is 11.6 Å². The summed E-state index contributed by atoms with van der Waals surface area (Å²) in [6, 6.07) is 15.8. The van der Waals surface area contributed by atoms with Crippen LogP contribution >= 0.6 is 11.6 Å². The summed E-state index contributed by atoms with van der Waals surface area (Å²) in [6.07, 6.45) is 3.04. The van der Waals surface area contributed by atoms with E-state index in [1.54, 1.807) is 0 Å². The Kier molecular flexibility index (Phi) is 5.35. The van der Waals surface area contributed by atoms with Crippen molar-refractivity contribution in [3.8, 4) is 0 Å². The van der Waals surface area contributed by atoms with Gasteiger partial charge in [-0.3, -0.25) is 9.78 Å². The lowest BCUT2D eigenvalue weighted by atomic mass is 10.1. The van der Waals surface area contributed by atoms with E-state index < -0.39 is 0 Å². The quantitative estimate of drug-likeness (QED) is 0.660. The molecule has 2 heterocycles. The van der Waals surface area contributed by atoms with Gasteiger partial charge in [0.1, 0.15) is 0 Å². The molecule has 1 saturated heterocycles. The Morgan fingerprint density at radius 2 is 1.75 bits per heavy atom. The van der Waals surface area contributed by atoms with Gasteiger partial charge in [-0.25, -0.2) is 4.98 Å². The number of H-pyrrole nitrogens is 1. The first-order valence-corrected chi connectivity index (χ1v) is 9.92. The molecule has 0 atom stereocenters. The second kappa shape index (κ2) is 8.07. The van der Waals surface area contributed by atoms with Gasteiger partial charge in [0.05, 0.1) is 5.69 Å². The number of nitrogens with one attached hydrogen (secondary N) is 2. The van der Waals surface area contributed by atoms with E-state index in [0.717, 1.165) is 30.0 Å². The maximum atomic E-state index is 12.6. The zero-order valence-electron chi connectivity index (χ0n) is 15.8. The fourth-order valence-corrected chi connectivity index (χ4v) is 3.68. The highest BCUT2D eigenvalue weighted by Crippen LogP contribution is 2.23. The highest BCUT2D eigenvalue weighted by Gasteiger charge is 2.12. The standard InChI is InChI=1S/C22H23ClN4O/c1-15-20(14-16-4-6-17(23)7-5-16)21(28)26-22(24-15)25-18-8-10-19(11-9-18)27-12-2-3-13-27/h4-11H,2-3,12-14H2,1H3,(H2,24,25,26,28). The van der Waals surface area contributed by atoms with Crippen molar-refractivity contribution in [3.63, 3.8) is 0 Å². The molecule has 1 aliphatic rings. The lowest BCUT2D eigenvalue weighted by Crippen LogP contribution is -2.19. The predicted molar refractivity (Wildman–Crippen MR) is 115 cm³/mol. The topological polar surface area (TPSA) is 61.0 Å². The van der Waals surface area contributed by atoms with E-state index in [0.29, 0.717) is 23.0 Å². The Hall–Kier alpha value is -2.79. The van der Waals surface area contributed by atoms with Gasteiger partial charge >= 0.3 is 0 Å². The Labute approximate surface area is 169 Å². The minimum atomic E-state index is -0.126. The summed E-state index contributed by atoms with van der Waals surface area (Å²) < 4.78 is 0. The monoisotopic (exact) mass is 394 g/mol. The number of rotatable bonds is 5. The minimum absolute atomic E-state index is 0.126. The minimum Gasteiger partial charge on any atom is -0.372 e. The molecular formula is C22H23ClN4O. The summed E-state index contributed by atoms with van der Waals surface area (Å²) in [5, 5.41) is 3.88. The summed E-state index contributed by atoms with van der Waals surface area (Å²) in [4.78, 5) is 22.4. The molecule has 2 aromatic carbocycles. The third-order valence-electron chi connectivity index (χ3n) is 5.12. The van der Waals surface area contributed by atoms with Gasteiger partial charge < -0.3 is 10.2 Å². The number of aryl methyl sites for hydroxylation is 1. The summed E-state index contributed by atoms with van der Waals surface area (Å²) >= 11 is 5.93. The Morgan fingerprint density at radius 3 is 2.39 bits per heavy atom. The van der Waals surface area contributed by atoms with Gasteiger partial charge in [0.15, 0.2) is 0 Å². The van der Waals surface area contributed by atoms with Crippen LogP contribution in [0.3, 0.4) is 0 Å². The summed E-state index contributed by atoms with van der Waals surface area (Å²) in [7, 11) is 0. The van der Waals surface area contributed by atoms with Crippen molar-refractivity contribution in [2.24, 2.45) is 0 Å². The number of hydrogen-bond acceptors (Lipinski definition) is 4. The van der Waals surface area contributed by atoms with E-state index in [9.17, 15) is 4.79 Å². The first kappa shape index (κ1) is 18.6. The molecule has 0 radical (unpaired) electrons. The van der Waals surface area contributed by atoms with E-state index in [2.05, 4.69) is 32.3 Å². The molecular weight excluding hydrogens is 372 g/mol. The largest absolute Gasteiger partial charge is 0.372 e. The van der Waals surface area contributed by atoms with E-state index >= 15 is 0 Å². The highest BCUT2D eigenvalue weighted by atomic mass is 35.5. The molecule has 0 saturated carbocycles. The molecule has 4 rings (SSSR count). The van der Waals surface area contributed by atoms with Crippen LogP contribution in [0.25, 0.3) is 0 Å². The average molecular weight is 395 g/mol. The predicted octanol–water partition coefficient (Wildman–Crippen LogP) is 4.67. The van der Waals surface area contributed by atoms with Crippen LogP contribution in [0.5, 0.6) is 0 Å². The number of aromatic amines is 1. The van der Waals surface area contributed by atoms with Crippen LogP contribution < -0.4 is 15.8 Å². The zero-order chi connectivity index (χ0) is 19.5. The first-order valence-electron chi connectivity index (χ1n) is 9.55. The van der Waals surface area contributed by atoms with E-state index in [-0.39, 0.29) is 5.56 Å². The SMILES string of the molecule is Cc1nc(Nc2ccc(N3CCCC3)cc2)[nH]c(=O)c1Cc1ccc(Cl)cc1.